The van der Waals surface area contributed by atoms with Crippen LogP contribution in [-0.4, -0.2) is 147 Å². The van der Waals surface area contributed by atoms with Crippen LogP contribution in [-0.2, 0) is 29.9 Å². The van der Waals surface area contributed by atoms with Gasteiger partial charge in [-0.15, -0.1) is 0 Å². The summed E-state index contributed by atoms with van der Waals surface area (Å²) in [5.74, 6) is 6.65. The highest BCUT2D eigenvalue weighted by molar-refractivity contribution is 7.98. The van der Waals surface area contributed by atoms with Crippen LogP contribution in [0.25, 0.3) is 22.3 Å². The number of nitrogens with zero attached hydrogens (tertiary/aromatic N) is 8. The van der Waals surface area contributed by atoms with Gasteiger partial charge >= 0.3 is 12.2 Å². The number of carbonyl (C=O) groups is 4. The van der Waals surface area contributed by atoms with E-state index < -0.39 is 10.8 Å². The SMILES string of the molecule is COc1ccc(C2CCC(CN(C(=O)C3CCC(OC(=O)N4CC(CS(C)=O)C4)CC3)c3cccc(-c4cnn(C5CC5)c4)c3)CC2)cc1C.COc1ccc(C2CCC(CN(C(=O)C3CCC(OC(=O)N4CC(CSC)C4)CC3)c3cccc(-c4cnn(C5CC5)c4)c3)CC2)cc1C. The highest BCUT2D eigenvalue weighted by Gasteiger charge is 2.40. The fraction of sp³-hybridized carbons (Fsp3) is 0.575. The van der Waals surface area contributed by atoms with Crippen molar-refractivity contribution in [1.82, 2.24) is 29.4 Å². The molecular weight excluding hydrogens is 1280 g/mol. The summed E-state index contributed by atoms with van der Waals surface area (Å²) in [5.41, 5.74) is 11.4. The quantitative estimate of drug-likeness (QED) is 0.0631. The molecule has 6 aromatic rings. The topological polar surface area (TPSA) is 171 Å². The van der Waals surface area contributed by atoms with Crippen molar-refractivity contribution in [3.05, 3.63) is 132 Å². The van der Waals surface area contributed by atoms with Crippen molar-refractivity contribution < 1.29 is 42.3 Å². The summed E-state index contributed by atoms with van der Waals surface area (Å²) in [7, 11) is 2.60. The molecular formula is C80H104N8O9S2. The fourth-order valence-corrected chi connectivity index (χ4v) is 18.1. The summed E-state index contributed by atoms with van der Waals surface area (Å²) in [6, 6.07) is 31.2. The van der Waals surface area contributed by atoms with Crippen LogP contribution in [0.5, 0.6) is 11.5 Å². The number of ether oxygens (including phenoxy) is 4. The van der Waals surface area contributed by atoms with Crippen LogP contribution >= 0.6 is 11.8 Å². The van der Waals surface area contributed by atoms with E-state index in [0.29, 0.717) is 98.7 Å². The van der Waals surface area contributed by atoms with Crippen LogP contribution in [0.4, 0.5) is 21.0 Å². The van der Waals surface area contributed by atoms with E-state index >= 15 is 0 Å². The van der Waals surface area contributed by atoms with Gasteiger partial charge in [0.2, 0.25) is 11.8 Å². The third kappa shape index (κ3) is 17.6. The molecule has 2 aliphatic heterocycles. The number of benzene rings is 4. The van der Waals surface area contributed by atoms with Gasteiger partial charge in [-0.25, -0.2) is 9.59 Å². The van der Waals surface area contributed by atoms with Crippen LogP contribution in [0.2, 0.25) is 0 Å². The van der Waals surface area contributed by atoms with Crippen LogP contribution in [0.3, 0.4) is 0 Å². The van der Waals surface area contributed by atoms with Gasteiger partial charge in [0.05, 0.1) is 38.7 Å². The Balaban J connectivity index is 0.000000178. The Morgan fingerprint density at radius 2 is 0.919 bits per heavy atom. The van der Waals surface area contributed by atoms with Crippen molar-refractivity contribution in [2.24, 2.45) is 35.5 Å². The molecule has 99 heavy (non-hydrogen) atoms. The second-order valence-electron chi connectivity index (χ2n) is 30.2. The van der Waals surface area contributed by atoms with Gasteiger partial charge in [0.25, 0.3) is 0 Å². The molecule has 4 amide bonds. The number of thioether (sulfide) groups is 1. The Labute approximate surface area is 593 Å². The van der Waals surface area contributed by atoms with Gasteiger partial charge in [0, 0.05) is 121 Å². The molecule has 530 valence electrons. The average Bonchev–Trinajstić information content (AvgIpc) is 1.79. The molecule has 14 rings (SSSR count). The Bertz CT molecular complexity index is 3770. The van der Waals surface area contributed by atoms with Crippen molar-refractivity contribution in [1.29, 1.82) is 0 Å². The van der Waals surface area contributed by atoms with E-state index in [0.717, 1.165) is 148 Å². The summed E-state index contributed by atoms with van der Waals surface area (Å²) in [6.45, 7) is 8.50. The maximum Gasteiger partial charge on any atom is 0.410 e. The number of amides is 4. The molecule has 2 saturated heterocycles. The maximum absolute atomic E-state index is 14.5. The second kappa shape index (κ2) is 32.3. The van der Waals surface area contributed by atoms with Crippen molar-refractivity contribution >= 4 is 57.9 Å². The minimum absolute atomic E-state index is 0.0650. The highest BCUT2D eigenvalue weighted by Crippen LogP contribution is 2.43. The molecule has 8 fully saturated rings. The standard InChI is InChI=1S/C40H52N4O5S.C40H52N4O4S/c1-27-19-33(13-18-38(27)48-2)30-9-7-28(8-10-30)24-43(36-6-4-5-32(20-36)34-21-41-44(25-34)35-14-15-35)39(45)31-11-16-37(17-12-31)49-40(46)42-22-29(23-42)26-50(3)47;1-27-19-33(13-18-38(27)47-2)30-9-7-28(8-10-30)24-43(36-6-4-5-32(20-36)34-21-41-44(25-34)35-14-15-35)39(45)31-11-16-37(17-12-31)48-40(46)42-22-29(23-42)26-49-3/h4-6,13,18-21,25,28-31,35,37H,7-12,14-17,22-24,26H2,1-3H3;4-6,13,18-21,25,28-31,35,37H,7-12,14-17,22-24,26H2,1-3H3. The van der Waals surface area contributed by atoms with Gasteiger partial charge in [-0.3, -0.25) is 23.2 Å². The molecule has 0 spiro atoms. The molecule has 6 saturated carbocycles. The zero-order chi connectivity index (χ0) is 68.7. The Kier molecular flexibility index (Phi) is 22.9. The Morgan fingerprint density at radius 3 is 1.29 bits per heavy atom. The number of aromatic nitrogens is 4. The first-order chi connectivity index (χ1) is 48.1. The lowest BCUT2D eigenvalue weighted by Crippen LogP contribution is -2.52. The lowest BCUT2D eigenvalue weighted by atomic mass is 9.78. The number of likely N-dealkylation sites (tertiary alicyclic amines) is 2. The zero-order valence-corrected chi connectivity index (χ0v) is 60.8. The van der Waals surface area contributed by atoms with Crippen molar-refractivity contribution in [3.8, 4) is 33.8 Å². The molecule has 0 radical (unpaired) electrons. The maximum atomic E-state index is 14.5. The number of hydrogen-bond donors (Lipinski definition) is 0. The predicted octanol–water partition coefficient (Wildman–Crippen LogP) is 16.0. The number of anilines is 2. The summed E-state index contributed by atoms with van der Waals surface area (Å²) in [6.07, 6.45) is 30.7. The Hall–Kier alpha value is -7.12. The minimum Gasteiger partial charge on any atom is -0.496 e. The summed E-state index contributed by atoms with van der Waals surface area (Å²) in [4.78, 5) is 62.1. The van der Waals surface area contributed by atoms with Crippen LogP contribution in [0.15, 0.2) is 110 Å². The minimum atomic E-state index is -0.852. The van der Waals surface area contributed by atoms with E-state index in [1.807, 2.05) is 29.1 Å². The van der Waals surface area contributed by atoms with Crippen molar-refractivity contribution in [3.63, 3.8) is 0 Å². The van der Waals surface area contributed by atoms with Crippen LogP contribution in [0.1, 0.15) is 175 Å². The smallest absolute Gasteiger partial charge is 0.410 e. The first-order valence-corrected chi connectivity index (χ1v) is 40.1. The molecule has 17 nitrogen and oxygen atoms in total. The molecule has 1 unspecified atom stereocenters. The van der Waals surface area contributed by atoms with E-state index in [1.54, 1.807) is 25.4 Å². The monoisotopic (exact) mass is 1380 g/mol. The summed E-state index contributed by atoms with van der Waals surface area (Å²) < 4.78 is 38.4. The molecule has 8 aliphatic rings. The molecule has 4 heterocycles. The second-order valence-corrected chi connectivity index (χ2v) is 32.6. The number of aryl methyl sites for hydroxylation is 2. The number of carbonyl (C=O) groups excluding carboxylic acids is 4. The van der Waals surface area contributed by atoms with Gasteiger partial charge in [-0.1, -0.05) is 48.5 Å². The van der Waals surface area contributed by atoms with E-state index in [2.05, 4.69) is 147 Å². The van der Waals surface area contributed by atoms with Gasteiger partial charge in [-0.2, -0.15) is 22.0 Å². The fourth-order valence-electron chi connectivity index (χ4n) is 16.5. The normalized spacial score (nSPS) is 24.5. The Morgan fingerprint density at radius 1 is 0.505 bits per heavy atom. The lowest BCUT2D eigenvalue weighted by molar-refractivity contribution is -0.125. The zero-order valence-electron chi connectivity index (χ0n) is 59.2. The summed E-state index contributed by atoms with van der Waals surface area (Å²) in [5, 5.41) is 9.25. The number of rotatable bonds is 22. The third-order valence-corrected chi connectivity index (χ3v) is 24.5. The lowest BCUT2D eigenvalue weighted by Gasteiger charge is -2.40. The van der Waals surface area contributed by atoms with E-state index in [-0.39, 0.29) is 48.0 Å². The van der Waals surface area contributed by atoms with E-state index in [9.17, 15) is 23.4 Å². The number of hydrogen-bond acceptors (Lipinski definition) is 12. The predicted molar refractivity (Wildman–Crippen MR) is 393 cm³/mol. The first-order valence-electron chi connectivity index (χ1n) is 37.0. The molecule has 1 atom stereocenters. The van der Waals surface area contributed by atoms with Gasteiger partial charge in [-0.05, 0) is 248 Å². The highest BCUT2D eigenvalue weighted by atomic mass is 32.2. The molecule has 0 bridgehead atoms. The molecule has 0 N–H and O–H groups in total. The van der Waals surface area contributed by atoms with Gasteiger partial charge in [0.15, 0.2) is 0 Å². The average molecular weight is 1390 g/mol. The molecule has 4 aromatic carbocycles. The third-order valence-electron chi connectivity index (χ3n) is 22.8. The van der Waals surface area contributed by atoms with Crippen LogP contribution in [0, 0.1) is 49.4 Å². The molecule has 6 aliphatic carbocycles. The van der Waals surface area contributed by atoms with E-state index in [4.69, 9.17) is 18.9 Å². The first kappa shape index (κ1) is 70.3. The van der Waals surface area contributed by atoms with Crippen LogP contribution < -0.4 is 19.3 Å². The van der Waals surface area contributed by atoms with Gasteiger partial charge in [0.1, 0.15) is 23.7 Å². The summed E-state index contributed by atoms with van der Waals surface area (Å²) >= 11 is 1.83. The van der Waals surface area contributed by atoms with Crippen molar-refractivity contribution in [2.45, 2.75) is 178 Å². The van der Waals surface area contributed by atoms with E-state index in [1.165, 1.54) is 47.9 Å². The van der Waals surface area contributed by atoms with Crippen molar-refractivity contribution in [2.75, 3.05) is 87.3 Å². The number of methoxy groups -OCH3 is 2. The molecule has 2 aromatic heterocycles. The largest absolute Gasteiger partial charge is 0.496 e. The van der Waals surface area contributed by atoms with Gasteiger partial charge < -0.3 is 38.5 Å². The molecule has 19 heteroatoms.